The number of H-pyrrole nitrogens is 1. The third-order valence-electron chi connectivity index (χ3n) is 6.02. The molecule has 0 spiro atoms. The number of hydrogen-bond donors (Lipinski definition) is 2. The minimum absolute atomic E-state index is 0.0793. The third kappa shape index (κ3) is 6.13. The summed E-state index contributed by atoms with van der Waals surface area (Å²) in [7, 11) is 0. The average Bonchev–Trinajstić information content (AvgIpc) is 2.89. The van der Waals surface area contributed by atoms with E-state index in [0.29, 0.717) is 0 Å². The van der Waals surface area contributed by atoms with Gasteiger partial charge >= 0.3 is 6.18 Å². The van der Waals surface area contributed by atoms with E-state index in [1.807, 2.05) is 0 Å². The number of fused-ring (bicyclic) bond motifs is 1. The Labute approximate surface area is 220 Å². The number of halogens is 7. The topological polar surface area (TPSA) is 106 Å². The molecule has 0 unspecified atom stereocenters. The van der Waals surface area contributed by atoms with Crippen molar-refractivity contribution in [3.8, 4) is 11.4 Å². The van der Waals surface area contributed by atoms with Gasteiger partial charge in [-0.15, -0.1) is 0 Å². The van der Waals surface area contributed by atoms with Crippen LogP contribution in [0.15, 0.2) is 52.6 Å². The van der Waals surface area contributed by atoms with Gasteiger partial charge in [-0.25, -0.2) is 32.6 Å². The summed E-state index contributed by atoms with van der Waals surface area (Å²) in [6.45, 7) is -0.347. The second-order valence-corrected chi connectivity index (χ2v) is 9.02. The summed E-state index contributed by atoms with van der Waals surface area (Å²) in [5, 5.41) is 7.67. The summed E-state index contributed by atoms with van der Waals surface area (Å²) < 4.78 is 96.4. The van der Waals surface area contributed by atoms with Gasteiger partial charge in [-0.1, -0.05) is 0 Å². The molecule has 212 valence electrons. The summed E-state index contributed by atoms with van der Waals surface area (Å²) in [6.07, 6.45) is -4.82. The number of alkyl halides is 6. The number of pyridine rings is 1. The molecular formula is C25H21F7N6O2. The highest BCUT2D eigenvalue weighted by Crippen LogP contribution is 2.32. The van der Waals surface area contributed by atoms with Gasteiger partial charge in [0.2, 0.25) is 0 Å². The van der Waals surface area contributed by atoms with Crippen LogP contribution in [-0.4, -0.2) is 43.6 Å². The maximum Gasteiger partial charge on any atom is 0.423 e. The second-order valence-electron chi connectivity index (χ2n) is 9.02. The molecule has 0 saturated carbocycles. The lowest BCUT2D eigenvalue weighted by Crippen LogP contribution is -2.30. The van der Waals surface area contributed by atoms with Gasteiger partial charge in [-0.3, -0.25) is 9.59 Å². The normalized spacial score (nSPS) is 14.2. The highest BCUT2D eigenvalue weighted by atomic mass is 19.4. The molecule has 4 aromatic rings. The van der Waals surface area contributed by atoms with E-state index in [4.69, 9.17) is 0 Å². The number of hydrogen-bond acceptors (Lipinski definition) is 6. The molecule has 0 fully saturated rings. The van der Waals surface area contributed by atoms with Crippen LogP contribution in [0.5, 0.6) is 0 Å². The lowest BCUT2D eigenvalue weighted by Gasteiger charge is -2.20. The van der Waals surface area contributed by atoms with Crippen LogP contribution in [0.4, 0.5) is 36.4 Å². The van der Waals surface area contributed by atoms with Crippen molar-refractivity contribution < 1.29 is 30.7 Å². The van der Waals surface area contributed by atoms with Crippen molar-refractivity contribution in [2.75, 3.05) is 12.0 Å². The standard InChI is InChI=1S/C25H21F7N6O2/c1-12(36-20-10-35-37-23(39)21(20)25(30,31)32)4-15(27)11-38-3-2-13-5-17(18(28)6-16(13)24(38)40)22-33-8-14(9-34-22)19(29)7-26/h2-3,5-6,8-10,12,15,19H,4,7,11H2,1H3,(H2,36,37,39)/t12-,15-,19+/m1/s1. The van der Waals surface area contributed by atoms with Crippen LogP contribution in [-0.2, 0) is 12.7 Å². The Balaban J connectivity index is 1.51. The molecule has 0 aliphatic rings. The number of nitrogens with one attached hydrogen (secondary N) is 2. The Hall–Kier alpha value is -4.30. The van der Waals surface area contributed by atoms with Crippen molar-refractivity contribution in [1.82, 2.24) is 24.7 Å². The van der Waals surface area contributed by atoms with Gasteiger partial charge < -0.3 is 9.88 Å². The molecule has 2 N–H and O–H groups in total. The van der Waals surface area contributed by atoms with Crippen molar-refractivity contribution >= 4 is 16.5 Å². The lowest BCUT2D eigenvalue weighted by molar-refractivity contribution is -0.138. The fourth-order valence-electron chi connectivity index (χ4n) is 4.13. The van der Waals surface area contributed by atoms with E-state index >= 15 is 0 Å². The molecule has 3 heterocycles. The van der Waals surface area contributed by atoms with Gasteiger partial charge in [-0.2, -0.15) is 18.3 Å². The van der Waals surface area contributed by atoms with Crippen molar-refractivity contribution in [2.24, 2.45) is 0 Å². The highest BCUT2D eigenvalue weighted by molar-refractivity contribution is 5.86. The first-order chi connectivity index (χ1) is 18.9. The van der Waals surface area contributed by atoms with E-state index in [1.54, 1.807) is 5.10 Å². The number of aromatic nitrogens is 5. The summed E-state index contributed by atoms with van der Waals surface area (Å²) in [6, 6.07) is 2.76. The minimum atomic E-state index is -4.97. The van der Waals surface area contributed by atoms with E-state index < -0.39 is 66.0 Å². The Morgan fingerprint density at radius 2 is 1.80 bits per heavy atom. The highest BCUT2D eigenvalue weighted by Gasteiger charge is 2.37. The molecule has 0 bridgehead atoms. The summed E-state index contributed by atoms with van der Waals surface area (Å²) in [4.78, 5) is 32.2. The Morgan fingerprint density at radius 3 is 2.45 bits per heavy atom. The molecular weight excluding hydrogens is 549 g/mol. The van der Waals surface area contributed by atoms with Gasteiger partial charge in [0.25, 0.3) is 11.1 Å². The molecule has 3 aromatic heterocycles. The zero-order valence-corrected chi connectivity index (χ0v) is 20.6. The fraction of sp³-hybridized carbons (Fsp3) is 0.320. The quantitative estimate of drug-likeness (QED) is 0.277. The maximum absolute atomic E-state index is 14.9. The molecule has 8 nitrogen and oxygen atoms in total. The molecule has 0 saturated heterocycles. The zero-order chi connectivity index (χ0) is 29.2. The van der Waals surface area contributed by atoms with E-state index in [-0.39, 0.29) is 34.1 Å². The van der Waals surface area contributed by atoms with E-state index in [9.17, 15) is 40.3 Å². The first-order valence-corrected chi connectivity index (χ1v) is 11.8. The molecule has 0 aliphatic carbocycles. The average molecular weight is 570 g/mol. The predicted molar refractivity (Wildman–Crippen MR) is 131 cm³/mol. The number of rotatable bonds is 9. The molecule has 4 rings (SSSR count). The number of benzene rings is 1. The van der Waals surface area contributed by atoms with Crippen LogP contribution in [0.3, 0.4) is 0 Å². The first kappa shape index (κ1) is 28.7. The van der Waals surface area contributed by atoms with Crippen molar-refractivity contribution in [3.63, 3.8) is 0 Å². The Bertz CT molecular complexity index is 1620. The van der Waals surface area contributed by atoms with Gasteiger partial charge in [0, 0.05) is 36.6 Å². The molecule has 0 aliphatic heterocycles. The lowest BCUT2D eigenvalue weighted by atomic mass is 10.1. The SMILES string of the molecule is C[C@H](C[C@@H](F)Cn1ccc2cc(-c3ncc([C@@H](F)CF)cn3)c(F)cc2c1=O)Nc1cn[nH]c(=O)c1C(F)(F)F. The van der Waals surface area contributed by atoms with Crippen LogP contribution in [0.25, 0.3) is 22.2 Å². The Kier molecular flexibility index (Phi) is 8.21. The van der Waals surface area contributed by atoms with Gasteiger partial charge in [0.15, 0.2) is 12.0 Å². The molecule has 3 atom stereocenters. The minimum Gasteiger partial charge on any atom is -0.381 e. The fourth-order valence-corrected chi connectivity index (χ4v) is 4.13. The Morgan fingerprint density at radius 1 is 1.10 bits per heavy atom. The van der Waals surface area contributed by atoms with Gasteiger partial charge in [0.05, 0.1) is 29.4 Å². The molecule has 0 amide bonds. The summed E-state index contributed by atoms with van der Waals surface area (Å²) in [5.41, 5.74) is -4.49. The molecule has 0 radical (unpaired) electrons. The van der Waals surface area contributed by atoms with Crippen LogP contribution in [0.2, 0.25) is 0 Å². The van der Waals surface area contributed by atoms with Crippen LogP contribution in [0, 0.1) is 5.82 Å². The number of anilines is 1. The first-order valence-electron chi connectivity index (χ1n) is 11.8. The largest absolute Gasteiger partial charge is 0.423 e. The molecule has 15 heteroatoms. The smallest absolute Gasteiger partial charge is 0.381 e. The van der Waals surface area contributed by atoms with Gasteiger partial charge in [0.1, 0.15) is 24.2 Å². The van der Waals surface area contributed by atoms with Crippen LogP contribution >= 0.6 is 0 Å². The summed E-state index contributed by atoms with van der Waals surface area (Å²) >= 11 is 0. The van der Waals surface area contributed by atoms with Gasteiger partial charge in [-0.05, 0) is 30.5 Å². The van der Waals surface area contributed by atoms with Crippen LogP contribution < -0.4 is 16.4 Å². The zero-order valence-electron chi connectivity index (χ0n) is 20.6. The predicted octanol–water partition coefficient (Wildman–Crippen LogP) is 4.91. The second kappa shape index (κ2) is 11.4. The van der Waals surface area contributed by atoms with E-state index in [2.05, 4.69) is 20.4 Å². The van der Waals surface area contributed by atoms with Crippen molar-refractivity contribution in [3.05, 3.63) is 80.6 Å². The third-order valence-corrected chi connectivity index (χ3v) is 6.02. The van der Waals surface area contributed by atoms with Crippen molar-refractivity contribution in [1.29, 1.82) is 0 Å². The maximum atomic E-state index is 14.9. The van der Waals surface area contributed by atoms with E-state index in [0.717, 1.165) is 29.2 Å². The van der Waals surface area contributed by atoms with Crippen LogP contribution in [0.1, 0.15) is 30.6 Å². The monoisotopic (exact) mass is 570 g/mol. The number of aromatic amines is 1. The molecule has 1 aromatic carbocycles. The van der Waals surface area contributed by atoms with E-state index in [1.165, 1.54) is 25.3 Å². The molecule has 40 heavy (non-hydrogen) atoms. The van der Waals surface area contributed by atoms with Crippen molar-refractivity contribution in [2.45, 2.75) is 44.5 Å². The summed E-state index contributed by atoms with van der Waals surface area (Å²) in [5.74, 6) is -0.994. The number of nitrogens with zero attached hydrogens (tertiary/aromatic N) is 4.